The lowest BCUT2D eigenvalue weighted by Gasteiger charge is -2.35. The first-order valence-corrected chi connectivity index (χ1v) is 9.20. The van der Waals surface area contributed by atoms with Gasteiger partial charge in [0.15, 0.2) is 0 Å². The van der Waals surface area contributed by atoms with Gasteiger partial charge in [-0.2, -0.15) is 9.57 Å². The number of rotatable bonds is 3. The number of nitrogens with zero attached hydrogens (tertiary/aromatic N) is 2. The van der Waals surface area contributed by atoms with Gasteiger partial charge in [0.1, 0.15) is 4.75 Å². The normalized spacial score (nSPS) is 19.4. The molecule has 0 aliphatic carbocycles. The molecule has 7 heteroatoms. The third kappa shape index (κ3) is 2.96. The standard InChI is InChI=1S/C13H15ClN2O2S2/c1-19-13(10-15)5-7-16(8-6-13)20(17,18)12-4-2-3-11(14)9-12/h2-4,9H,5-8H2,1H3. The minimum Gasteiger partial charge on any atom is -0.207 e. The van der Waals surface area contributed by atoms with Crippen LogP contribution in [0.25, 0.3) is 0 Å². The quantitative estimate of drug-likeness (QED) is 0.855. The first-order valence-electron chi connectivity index (χ1n) is 6.16. The molecule has 0 saturated carbocycles. The summed E-state index contributed by atoms with van der Waals surface area (Å²) in [7, 11) is -3.52. The van der Waals surface area contributed by atoms with E-state index in [9.17, 15) is 13.7 Å². The molecule has 4 nitrogen and oxygen atoms in total. The Kier molecular flexibility index (Phi) is 4.65. The molecule has 1 saturated heterocycles. The molecule has 0 N–H and O–H groups in total. The molecule has 0 bridgehead atoms. The van der Waals surface area contributed by atoms with Crippen LogP contribution >= 0.6 is 23.4 Å². The number of hydrogen-bond acceptors (Lipinski definition) is 4. The minimum atomic E-state index is -3.52. The summed E-state index contributed by atoms with van der Waals surface area (Å²) >= 11 is 7.35. The summed E-state index contributed by atoms with van der Waals surface area (Å²) in [5.41, 5.74) is 0. The molecule has 1 fully saturated rings. The molecular weight excluding hydrogens is 316 g/mol. The zero-order valence-electron chi connectivity index (χ0n) is 11.0. The number of benzene rings is 1. The first-order chi connectivity index (χ1) is 9.43. The van der Waals surface area contributed by atoms with Gasteiger partial charge in [-0.05, 0) is 37.3 Å². The topological polar surface area (TPSA) is 61.2 Å². The second kappa shape index (κ2) is 5.94. The smallest absolute Gasteiger partial charge is 0.207 e. The van der Waals surface area contributed by atoms with E-state index in [-0.39, 0.29) is 4.90 Å². The Labute approximate surface area is 128 Å². The summed E-state index contributed by atoms with van der Waals surface area (Å²) in [6.45, 7) is 0.729. The average Bonchev–Trinajstić information content (AvgIpc) is 2.47. The molecule has 20 heavy (non-hydrogen) atoms. The van der Waals surface area contributed by atoms with Crippen LogP contribution in [0.5, 0.6) is 0 Å². The second-order valence-corrected chi connectivity index (χ2v) is 8.24. The minimum absolute atomic E-state index is 0.207. The summed E-state index contributed by atoms with van der Waals surface area (Å²) in [6.07, 6.45) is 2.99. The molecule has 1 heterocycles. The van der Waals surface area contributed by atoms with Gasteiger partial charge in [-0.1, -0.05) is 17.7 Å². The molecule has 0 radical (unpaired) electrons. The maximum atomic E-state index is 12.5. The molecule has 0 spiro atoms. The number of piperidine rings is 1. The van der Waals surface area contributed by atoms with E-state index in [0.29, 0.717) is 31.0 Å². The van der Waals surface area contributed by atoms with Gasteiger partial charge < -0.3 is 0 Å². The van der Waals surface area contributed by atoms with E-state index >= 15 is 0 Å². The Morgan fingerprint density at radius 2 is 2.05 bits per heavy atom. The predicted octanol–water partition coefficient (Wildman–Crippen LogP) is 2.75. The molecule has 1 aromatic carbocycles. The highest BCUT2D eigenvalue weighted by Crippen LogP contribution is 2.35. The fourth-order valence-corrected chi connectivity index (χ4v) is 4.65. The lowest BCUT2D eigenvalue weighted by Crippen LogP contribution is -2.44. The Morgan fingerprint density at radius 1 is 1.40 bits per heavy atom. The lowest BCUT2D eigenvalue weighted by molar-refractivity contribution is 0.327. The van der Waals surface area contributed by atoms with Crippen LogP contribution in [-0.2, 0) is 10.0 Å². The summed E-state index contributed by atoms with van der Waals surface area (Å²) in [5.74, 6) is 0. The van der Waals surface area contributed by atoms with Crippen LogP contribution in [0.1, 0.15) is 12.8 Å². The van der Waals surface area contributed by atoms with Crippen molar-refractivity contribution in [2.24, 2.45) is 0 Å². The lowest BCUT2D eigenvalue weighted by atomic mass is 9.99. The predicted molar refractivity (Wildman–Crippen MR) is 81.3 cm³/mol. The summed E-state index contributed by atoms with van der Waals surface area (Å²) in [4.78, 5) is 0.207. The van der Waals surface area contributed by atoms with Crippen LogP contribution in [0.15, 0.2) is 29.2 Å². The van der Waals surface area contributed by atoms with Crippen molar-refractivity contribution in [1.82, 2.24) is 4.31 Å². The van der Waals surface area contributed by atoms with Gasteiger partial charge in [0.05, 0.1) is 11.0 Å². The largest absolute Gasteiger partial charge is 0.243 e. The van der Waals surface area contributed by atoms with Gasteiger partial charge in [-0.15, -0.1) is 11.8 Å². The third-order valence-corrected chi connectivity index (χ3v) is 6.97. The number of halogens is 1. The van der Waals surface area contributed by atoms with Crippen LogP contribution in [0.4, 0.5) is 0 Å². The Bertz CT molecular complexity index is 632. The van der Waals surface area contributed by atoms with Gasteiger partial charge in [0.25, 0.3) is 0 Å². The van der Waals surface area contributed by atoms with Crippen LogP contribution in [0.3, 0.4) is 0 Å². The zero-order valence-corrected chi connectivity index (χ0v) is 13.4. The second-order valence-electron chi connectivity index (χ2n) is 4.67. The maximum Gasteiger partial charge on any atom is 0.243 e. The van der Waals surface area contributed by atoms with Crippen LogP contribution < -0.4 is 0 Å². The Balaban J connectivity index is 2.20. The number of sulfonamides is 1. The monoisotopic (exact) mass is 330 g/mol. The number of hydrogen-bond donors (Lipinski definition) is 0. The summed E-state index contributed by atoms with van der Waals surface area (Å²) in [5, 5.41) is 9.63. The van der Waals surface area contributed by atoms with Crippen molar-refractivity contribution in [3.63, 3.8) is 0 Å². The summed E-state index contributed by atoms with van der Waals surface area (Å²) < 4.78 is 26.0. The zero-order chi connectivity index (χ0) is 14.8. The van der Waals surface area contributed by atoms with Crippen molar-refractivity contribution >= 4 is 33.4 Å². The summed E-state index contributed by atoms with van der Waals surface area (Å²) in [6, 6.07) is 8.58. The molecule has 1 aliphatic heterocycles. The van der Waals surface area contributed by atoms with E-state index < -0.39 is 14.8 Å². The fraction of sp³-hybridized carbons (Fsp3) is 0.462. The van der Waals surface area contributed by atoms with Crippen molar-refractivity contribution in [1.29, 1.82) is 5.26 Å². The van der Waals surface area contributed by atoms with Crippen LogP contribution in [-0.4, -0.2) is 36.8 Å². The average molecular weight is 331 g/mol. The first kappa shape index (κ1) is 15.6. The molecule has 1 aliphatic rings. The Morgan fingerprint density at radius 3 is 2.55 bits per heavy atom. The van der Waals surface area contributed by atoms with E-state index in [0.717, 1.165) is 0 Å². The highest BCUT2D eigenvalue weighted by Gasteiger charge is 2.38. The van der Waals surface area contributed by atoms with Crippen molar-refractivity contribution in [2.75, 3.05) is 19.3 Å². The van der Waals surface area contributed by atoms with Crippen molar-refractivity contribution in [2.45, 2.75) is 22.5 Å². The number of thioether (sulfide) groups is 1. The van der Waals surface area contributed by atoms with Crippen LogP contribution in [0, 0.1) is 11.3 Å². The number of nitriles is 1. The maximum absolute atomic E-state index is 12.5. The molecule has 0 unspecified atom stereocenters. The van der Waals surface area contributed by atoms with Gasteiger partial charge >= 0.3 is 0 Å². The third-order valence-electron chi connectivity index (χ3n) is 3.56. The van der Waals surface area contributed by atoms with E-state index in [2.05, 4.69) is 6.07 Å². The van der Waals surface area contributed by atoms with Crippen molar-refractivity contribution in [3.05, 3.63) is 29.3 Å². The molecule has 2 rings (SSSR count). The van der Waals surface area contributed by atoms with Crippen molar-refractivity contribution < 1.29 is 8.42 Å². The Hall–Kier alpha value is -0.740. The van der Waals surface area contributed by atoms with Gasteiger partial charge in [-0.3, -0.25) is 0 Å². The van der Waals surface area contributed by atoms with Gasteiger partial charge in [0, 0.05) is 18.1 Å². The van der Waals surface area contributed by atoms with E-state index in [1.165, 1.54) is 22.1 Å². The van der Waals surface area contributed by atoms with Crippen molar-refractivity contribution in [3.8, 4) is 6.07 Å². The highest BCUT2D eigenvalue weighted by atomic mass is 35.5. The molecule has 0 aromatic heterocycles. The molecule has 0 amide bonds. The molecule has 0 atom stereocenters. The van der Waals surface area contributed by atoms with Crippen LogP contribution in [0.2, 0.25) is 5.02 Å². The SMILES string of the molecule is CSC1(C#N)CCN(S(=O)(=O)c2cccc(Cl)c2)CC1. The van der Waals surface area contributed by atoms with Gasteiger partial charge in [-0.25, -0.2) is 8.42 Å². The molecular formula is C13H15ClN2O2S2. The van der Waals surface area contributed by atoms with E-state index in [4.69, 9.17) is 11.6 Å². The van der Waals surface area contributed by atoms with E-state index in [1.807, 2.05) is 6.26 Å². The molecule has 108 valence electrons. The fourth-order valence-electron chi connectivity index (χ4n) is 2.23. The van der Waals surface area contributed by atoms with Gasteiger partial charge in [0.2, 0.25) is 10.0 Å². The molecule has 1 aromatic rings. The highest BCUT2D eigenvalue weighted by molar-refractivity contribution is 8.00. The van der Waals surface area contributed by atoms with E-state index in [1.54, 1.807) is 18.2 Å².